The second-order valence-corrected chi connectivity index (χ2v) is 1.87. The quantitative estimate of drug-likeness (QED) is 0.569. The van der Waals surface area contributed by atoms with Gasteiger partial charge in [-0.2, -0.15) is 0 Å². The largest absolute Gasteiger partial charge is 0.376 e. The Hall–Kier alpha value is -0.960. The fourth-order valence-corrected chi connectivity index (χ4v) is 0.694. The maximum absolute atomic E-state index is 8.59. The van der Waals surface area contributed by atoms with Crippen LogP contribution in [0.4, 0.5) is 0 Å². The van der Waals surface area contributed by atoms with Crippen LogP contribution in [0.3, 0.4) is 0 Å². The summed E-state index contributed by atoms with van der Waals surface area (Å²) in [6.07, 6.45) is 5.40. The molecule has 1 aliphatic heterocycles. The number of aliphatic hydroxyl groups is 1. The second-order valence-electron chi connectivity index (χ2n) is 1.87. The van der Waals surface area contributed by atoms with Crippen LogP contribution in [0.15, 0.2) is 25.2 Å². The van der Waals surface area contributed by atoms with Gasteiger partial charge in [0.1, 0.15) is 6.73 Å². The minimum Gasteiger partial charge on any atom is -0.376 e. The topological polar surface area (TPSA) is 26.7 Å². The monoisotopic (exact) mass is 126 g/mol. The van der Waals surface area contributed by atoms with Crippen LogP contribution in [0, 0.1) is 0 Å². The van der Waals surface area contributed by atoms with E-state index in [4.69, 9.17) is 5.11 Å². The van der Waals surface area contributed by atoms with Gasteiger partial charge in [0.15, 0.2) is 0 Å². The number of hydrogen-bond donors (Lipinski definition) is 1. The molecule has 1 aliphatic rings. The Balaban J connectivity index is 2.39. The predicted molar refractivity (Wildman–Crippen MR) is 35.0 cm³/mol. The molecule has 0 aromatic heterocycles. The molecule has 0 radical (unpaired) electrons. The highest BCUT2D eigenvalue weighted by atomic mass is 16.3. The van der Waals surface area contributed by atoms with E-state index < -0.39 is 0 Å². The van der Waals surface area contributed by atoms with E-state index in [0.717, 1.165) is 0 Å². The lowest BCUT2D eigenvalue weighted by atomic mass is 10.8. The molecule has 0 aliphatic carbocycles. The third-order valence-corrected chi connectivity index (χ3v) is 1.23. The third-order valence-electron chi connectivity index (χ3n) is 1.23. The first-order valence-electron chi connectivity index (χ1n) is 2.78. The highest BCUT2D eigenvalue weighted by molar-refractivity contribution is 4.93. The van der Waals surface area contributed by atoms with Gasteiger partial charge in [-0.05, 0) is 6.20 Å². The Kier molecular flexibility index (Phi) is 1.75. The highest BCUT2D eigenvalue weighted by Crippen LogP contribution is 2.03. The molecule has 3 heteroatoms. The first kappa shape index (κ1) is 6.16. The van der Waals surface area contributed by atoms with E-state index in [2.05, 4.69) is 6.58 Å². The number of nitrogens with zero attached hydrogens (tertiary/aromatic N) is 2. The van der Waals surface area contributed by atoms with Crippen molar-refractivity contribution in [3.05, 3.63) is 25.2 Å². The normalized spacial score (nSPS) is 17.0. The smallest absolute Gasteiger partial charge is 0.116 e. The van der Waals surface area contributed by atoms with Gasteiger partial charge in [-0.15, -0.1) is 0 Å². The average Bonchev–Trinajstić information content (AvgIpc) is 2.34. The van der Waals surface area contributed by atoms with E-state index in [9.17, 15) is 0 Å². The summed E-state index contributed by atoms with van der Waals surface area (Å²) in [5.74, 6) is 0. The summed E-state index contributed by atoms with van der Waals surface area (Å²) in [5.41, 5.74) is 0. The molecule has 0 bridgehead atoms. The van der Waals surface area contributed by atoms with Crippen LogP contribution in [0.5, 0.6) is 0 Å². The van der Waals surface area contributed by atoms with Gasteiger partial charge in [-0.25, -0.2) is 0 Å². The van der Waals surface area contributed by atoms with E-state index >= 15 is 0 Å². The molecule has 0 aromatic rings. The van der Waals surface area contributed by atoms with E-state index in [1.807, 2.05) is 17.3 Å². The molecule has 9 heavy (non-hydrogen) atoms. The minimum absolute atomic E-state index is 0.0703. The molecule has 0 fully saturated rings. The first-order valence-corrected chi connectivity index (χ1v) is 2.78. The van der Waals surface area contributed by atoms with Gasteiger partial charge in [0.2, 0.25) is 0 Å². The molecule has 0 saturated heterocycles. The van der Waals surface area contributed by atoms with Crippen molar-refractivity contribution in [3.8, 4) is 0 Å². The van der Waals surface area contributed by atoms with Crippen molar-refractivity contribution in [2.75, 3.05) is 13.4 Å². The van der Waals surface area contributed by atoms with Crippen molar-refractivity contribution in [1.82, 2.24) is 9.80 Å². The number of aliphatic hydroxyl groups excluding tert-OH is 1. The second kappa shape index (κ2) is 2.55. The molecule has 0 aromatic carbocycles. The molecule has 1 heterocycles. The predicted octanol–water partition coefficient (Wildman–Crippen LogP) is 0.126. The Bertz CT molecular complexity index is 133. The van der Waals surface area contributed by atoms with Gasteiger partial charge in [0.25, 0.3) is 0 Å². The summed E-state index contributed by atoms with van der Waals surface area (Å²) in [7, 11) is 0. The summed E-state index contributed by atoms with van der Waals surface area (Å²) >= 11 is 0. The number of hydrogen-bond acceptors (Lipinski definition) is 3. The zero-order chi connectivity index (χ0) is 6.69. The fraction of sp³-hybridized carbons (Fsp3) is 0.333. The van der Waals surface area contributed by atoms with Gasteiger partial charge in [0.05, 0.1) is 6.67 Å². The summed E-state index contributed by atoms with van der Waals surface area (Å²) in [6, 6.07) is 0. The van der Waals surface area contributed by atoms with E-state index in [0.29, 0.717) is 6.67 Å². The molecule has 3 nitrogen and oxygen atoms in total. The Morgan fingerprint density at radius 1 is 1.67 bits per heavy atom. The van der Waals surface area contributed by atoms with E-state index in [1.54, 1.807) is 11.1 Å². The summed E-state index contributed by atoms with van der Waals surface area (Å²) < 4.78 is 0. The van der Waals surface area contributed by atoms with Gasteiger partial charge >= 0.3 is 0 Å². The third kappa shape index (κ3) is 1.23. The van der Waals surface area contributed by atoms with Crippen LogP contribution in [0.25, 0.3) is 0 Å². The van der Waals surface area contributed by atoms with Gasteiger partial charge < -0.3 is 14.9 Å². The zero-order valence-corrected chi connectivity index (χ0v) is 5.20. The molecule has 1 N–H and O–H groups in total. The SMILES string of the molecule is C=CN1C=CN(CO)C1. The molecule has 0 unspecified atom stereocenters. The summed E-state index contributed by atoms with van der Waals surface area (Å²) in [5, 5.41) is 8.59. The number of rotatable bonds is 2. The van der Waals surface area contributed by atoms with Crippen molar-refractivity contribution in [2.45, 2.75) is 0 Å². The molecular formula is C6H10N2O. The van der Waals surface area contributed by atoms with Gasteiger partial charge in [-0.1, -0.05) is 6.58 Å². The maximum atomic E-state index is 8.59. The lowest BCUT2D eigenvalue weighted by molar-refractivity contribution is 0.139. The van der Waals surface area contributed by atoms with Crippen LogP contribution in [-0.4, -0.2) is 28.3 Å². The fourth-order valence-electron chi connectivity index (χ4n) is 0.694. The molecule has 0 atom stereocenters. The van der Waals surface area contributed by atoms with Crippen LogP contribution in [-0.2, 0) is 0 Å². The van der Waals surface area contributed by atoms with Gasteiger partial charge in [-0.3, -0.25) is 0 Å². The van der Waals surface area contributed by atoms with Crippen LogP contribution < -0.4 is 0 Å². The van der Waals surface area contributed by atoms with Crippen LogP contribution in [0.2, 0.25) is 0 Å². The molecule has 50 valence electrons. The van der Waals surface area contributed by atoms with E-state index in [-0.39, 0.29) is 6.73 Å². The van der Waals surface area contributed by atoms with Crippen molar-refractivity contribution in [2.24, 2.45) is 0 Å². The summed E-state index contributed by atoms with van der Waals surface area (Å²) in [6.45, 7) is 4.36. The van der Waals surface area contributed by atoms with Gasteiger partial charge in [0, 0.05) is 12.4 Å². The lowest BCUT2D eigenvalue weighted by Crippen LogP contribution is -2.22. The van der Waals surface area contributed by atoms with Crippen LogP contribution in [0.1, 0.15) is 0 Å². The summed E-state index contributed by atoms with van der Waals surface area (Å²) in [4.78, 5) is 3.65. The molecule has 0 saturated carbocycles. The maximum Gasteiger partial charge on any atom is 0.116 e. The first-order chi connectivity index (χ1) is 4.36. The Morgan fingerprint density at radius 3 is 2.78 bits per heavy atom. The molecule has 0 amide bonds. The molecular weight excluding hydrogens is 116 g/mol. The standard InChI is InChI=1S/C6H10N2O/c1-2-7-3-4-8(5-7)6-9/h2-4,9H,1,5-6H2. The van der Waals surface area contributed by atoms with Crippen molar-refractivity contribution >= 4 is 0 Å². The zero-order valence-electron chi connectivity index (χ0n) is 5.20. The minimum atomic E-state index is 0.0703. The van der Waals surface area contributed by atoms with Crippen molar-refractivity contribution < 1.29 is 5.11 Å². The van der Waals surface area contributed by atoms with Crippen LogP contribution >= 0.6 is 0 Å². The van der Waals surface area contributed by atoms with E-state index in [1.165, 1.54) is 0 Å². The molecule has 0 spiro atoms. The van der Waals surface area contributed by atoms with Crippen molar-refractivity contribution in [1.29, 1.82) is 0 Å². The Morgan fingerprint density at radius 2 is 2.44 bits per heavy atom. The van der Waals surface area contributed by atoms with Crippen molar-refractivity contribution in [3.63, 3.8) is 0 Å². The molecule has 1 rings (SSSR count). The highest BCUT2D eigenvalue weighted by Gasteiger charge is 2.05. The average molecular weight is 126 g/mol. The Labute approximate surface area is 54.5 Å². The lowest BCUT2D eigenvalue weighted by Gasteiger charge is -2.14.